The number of aromatic nitrogens is 2. The lowest BCUT2D eigenvalue weighted by molar-refractivity contribution is 0.626. The zero-order valence-corrected chi connectivity index (χ0v) is 17.5. The van der Waals surface area contributed by atoms with Gasteiger partial charge in [0.15, 0.2) is 0 Å². The predicted octanol–water partition coefficient (Wildman–Crippen LogP) is 5.65. The van der Waals surface area contributed by atoms with E-state index in [-0.39, 0.29) is 0 Å². The zero-order chi connectivity index (χ0) is 18.5. The minimum Gasteiger partial charge on any atom is -0.372 e. The van der Waals surface area contributed by atoms with Crippen molar-refractivity contribution < 1.29 is 0 Å². The third-order valence-electron chi connectivity index (χ3n) is 5.09. The number of hydrogen-bond acceptors (Lipinski definition) is 4. The van der Waals surface area contributed by atoms with Crippen molar-refractivity contribution in [3.63, 3.8) is 0 Å². The van der Waals surface area contributed by atoms with Gasteiger partial charge in [-0.3, -0.25) is 0 Å². The van der Waals surface area contributed by atoms with Crippen molar-refractivity contribution in [2.24, 2.45) is 0 Å². The third kappa shape index (κ3) is 5.17. The summed E-state index contributed by atoms with van der Waals surface area (Å²) < 4.78 is 2.20. The molecule has 2 aromatic heterocycles. The van der Waals surface area contributed by atoms with Gasteiger partial charge in [-0.25, -0.2) is 4.98 Å². The van der Waals surface area contributed by atoms with Gasteiger partial charge in [0.1, 0.15) is 0 Å². The number of hydrogen-bond donors (Lipinski definition) is 0. The van der Waals surface area contributed by atoms with Crippen molar-refractivity contribution in [3.05, 3.63) is 64.9 Å². The van der Waals surface area contributed by atoms with E-state index >= 15 is 0 Å². The summed E-state index contributed by atoms with van der Waals surface area (Å²) in [7, 11) is 0. The van der Waals surface area contributed by atoms with Crippen molar-refractivity contribution in [1.29, 1.82) is 0 Å². The van der Waals surface area contributed by atoms with E-state index in [1.54, 1.807) is 0 Å². The molecule has 0 N–H and O–H groups in total. The second-order valence-corrected chi connectivity index (χ2v) is 9.98. The van der Waals surface area contributed by atoms with Gasteiger partial charge in [0.05, 0.1) is 6.33 Å². The average Bonchev–Trinajstić information content (AvgIpc) is 3.44. The molecule has 142 valence electrons. The molecule has 3 nitrogen and oxygen atoms in total. The van der Waals surface area contributed by atoms with E-state index < -0.39 is 0 Å². The van der Waals surface area contributed by atoms with Crippen LogP contribution in [0.1, 0.15) is 29.0 Å². The molecule has 1 aliphatic heterocycles. The second-order valence-electron chi connectivity index (χ2n) is 7.24. The molecule has 1 aliphatic rings. The Morgan fingerprint density at radius 1 is 1.11 bits per heavy atom. The number of imidazole rings is 1. The van der Waals surface area contributed by atoms with Gasteiger partial charge in [-0.2, -0.15) is 0 Å². The number of aryl methyl sites for hydroxylation is 2. The monoisotopic (exact) mass is 397 g/mol. The predicted molar refractivity (Wildman–Crippen MR) is 117 cm³/mol. The molecule has 27 heavy (non-hydrogen) atoms. The average molecular weight is 398 g/mol. The van der Waals surface area contributed by atoms with Gasteiger partial charge in [0, 0.05) is 57.6 Å². The molecule has 0 aliphatic carbocycles. The molecule has 0 amide bonds. The SMILES string of the molecule is Cc1ccc(CCC(Cn2ccnc2)Sc2ccc(N3CCCC3)cc2)s1. The zero-order valence-electron chi connectivity index (χ0n) is 15.9. The van der Waals surface area contributed by atoms with Gasteiger partial charge in [0.2, 0.25) is 0 Å². The lowest BCUT2D eigenvalue weighted by atomic mass is 10.2. The van der Waals surface area contributed by atoms with Gasteiger partial charge in [-0.15, -0.1) is 23.1 Å². The maximum Gasteiger partial charge on any atom is 0.0946 e. The first-order chi connectivity index (χ1) is 13.3. The Hall–Kier alpha value is -1.72. The van der Waals surface area contributed by atoms with E-state index in [2.05, 4.69) is 64.0 Å². The summed E-state index contributed by atoms with van der Waals surface area (Å²) in [6, 6.07) is 13.7. The molecule has 1 saturated heterocycles. The molecule has 1 fully saturated rings. The van der Waals surface area contributed by atoms with Gasteiger partial charge < -0.3 is 9.47 Å². The molecule has 5 heteroatoms. The number of benzene rings is 1. The van der Waals surface area contributed by atoms with E-state index in [1.165, 1.54) is 52.7 Å². The summed E-state index contributed by atoms with van der Waals surface area (Å²) in [5.41, 5.74) is 1.37. The Morgan fingerprint density at radius 3 is 2.59 bits per heavy atom. The van der Waals surface area contributed by atoms with Crippen molar-refractivity contribution >= 4 is 28.8 Å². The Kier molecular flexibility index (Phi) is 6.20. The lowest BCUT2D eigenvalue weighted by Crippen LogP contribution is -2.17. The first-order valence-electron chi connectivity index (χ1n) is 9.79. The maximum atomic E-state index is 4.21. The molecule has 0 radical (unpaired) electrons. The van der Waals surface area contributed by atoms with Crippen LogP contribution in [-0.2, 0) is 13.0 Å². The van der Waals surface area contributed by atoms with Crippen LogP contribution < -0.4 is 4.90 Å². The highest BCUT2D eigenvalue weighted by atomic mass is 32.2. The van der Waals surface area contributed by atoms with Crippen LogP contribution in [0, 0.1) is 6.92 Å². The minimum absolute atomic E-state index is 0.541. The lowest BCUT2D eigenvalue weighted by Gasteiger charge is -2.19. The summed E-state index contributed by atoms with van der Waals surface area (Å²) in [6.07, 6.45) is 10.8. The summed E-state index contributed by atoms with van der Waals surface area (Å²) in [5, 5.41) is 0.541. The van der Waals surface area contributed by atoms with Crippen LogP contribution in [0.25, 0.3) is 0 Å². The molecule has 4 rings (SSSR count). The summed E-state index contributed by atoms with van der Waals surface area (Å²) in [6.45, 7) is 5.60. The van der Waals surface area contributed by atoms with Crippen LogP contribution in [0.3, 0.4) is 0 Å². The fraction of sp³-hybridized carbons (Fsp3) is 0.409. The van der Waals surface area contributed by atoms with Gasteiger partial charge >= 0.3 is 0 Å². The molecular weight excluding hydrogens is 370 g/mol. The molecule has 0 bridgehead atoms. The Bertz CT molecular complexity index is 818. The first kappa shape index (κ1) is 18.6. The van der Waals surface area contributed by atoms with Crippen molar-refractivity contribution in [1.82, 2.24) is 9.55 Å². The summed E-state index contributed by atoms with van der Waals surface area (Å²) >= 11 is 3.93. The van der Waals surface area contributed by atoms with E-state index in [0.717, 1.165) is 13.0 Å². The largest absolute Gasteiger partial charge is 0.372 e. The first-order valence-corrected chi connectivity index (χ1v) is 11.5. The van der Waals surface area contributed by atoms with Gasteiger partial charge in [-0.05, 0) is 69.0 Å². The number of nitrogens with zero attached hydrogens (tertiary/aromatic N) is 3. The van der Waals surface area contributed by atoms with Crippen molar-refractivity contribution in [3.8, 4) is 0 Å². The van der Waals surface area contributed by atoms with Crippen LogP contribution in [0.15, 0.2) is 60.0 Å². The maximum absolute atomic E-state index is 4.21. The van der Waals surface area contributed by atoms with Gasteiger partial charge in [0.25, 0.3) is 0 Å². The Labute approximate surface area is 170 Å². The van der Waals surface area contributed by atoms with Crippen LogP contribution >= 0.6 is 23.1 Å². The number of anilines is 1. The van der Waals surface area contributed by atoms with E-state index in [0.29, 0.717) is 5.25 Å². The quantitative estimate of drug-likeness (QED) is 0.459. The molecule has 1 aromatic carbocycles. The van der Waals surface area contributed by atoms with Crippen LogP contribution in [0.2, 0.25) is 0 Å². The molecule has 0 spiro atoms. The molecule has 3 heterocycles. The minimum atomic E-state index is 0.541. The molecular formula is C22H27N3S2. The number of thiophene rings is 1. The fourth-order valence-electron chi connectivity index (χ4n) is 3.64. The highest BCUT2D eigenvalue weighted by Crippen LogP contribution is 2.31. The molecule has 1 unspecified atom stereocenters. The Balaban J connectivity index is 1.41. The third-order valence-corrected chi connectivity index (χ3v) is 7.42. The topological polar surface area (TPSA) is 21.1 Å². The Morgan fingerprint density at radius 2 is 1.93 bits per heavy atom. The van der Waals surface area contributed by atoms with Crippen LogP contribution in [0.5, 0.6) is 0 Å². The van der Waals surface area contributed by atoms with Gasteiger partial charge in [-0.1, -0.05) is 0 Å². The smallest absolute Gasteiger partial charge is 0.0946 e. The normalized spacial score (nSPS) is 15.4. The second kappa shape index (κ2) is 8.98. The highest BCUT2D eigenvalue weighted by molar-refractivity contribution is 8.00. The van der Waals surface area contributed by atoms with E-state index in [1.807, 2.05) is 35.6 Å². The highest BCUT2D eigenvalue weighted by Gasteiger charge is 2.15. The fourth-order valence-corrected chi connectivity index (χ4v) is 5.71. The summed E-state index contributed by atoms with van der Waals surface area (Å²) in [5.74, 6) is 0. The molecule has 3 aromatic rings. The van der Waals surface area contributed by atoms with E-state index in [9.17, 15) is 0 Å². The van der Waals surface area contributed by atoms with Crippen molar-refractivity contribution in [2.75, 3.05) is 18.0 Å². The van der Waals surface area contributed by atoms with Crippen LogP contribution in [-0.4, -0.2) is 27.9 Å². The van der Waals surface area contributed by atoms with Crippen molar-refractivity contribution in [2.45, 2.75) is 49.3 Å². The number of thioether (sulfide) groups is 1. The van der Waals surface area contributed by atoms with Crippen LogP contribution in [0.4, 0.5) is 5.69 Å². The molecule has 1 atom stereocenters. The van der Waals surface area contributed by atoms with E-state index in [4.69, 9.17) is 0 Å². The standard InChI is InChI=1S/C22H27N3S2/c1-18-4-7-20(26-18)10-11-22(16-24-15-12-23-17-24)27-21-8-5-19(6-9-21)25-13-2-3-14-25/h4-9,12,15,17,22H,2-3,10-11,13-14,16H2,1H3. The molecule has 0 saturated carbocycles. The number of rotatable bonds is 8. The summed E-state index contributed by atoms with van der Waals surface area (Å²) in [4.78, 5) is 11.0.